The van der Waals surface area contributed by atoms with Gasteiger partial charge in [0.15, 0.2) is 5.82 Å². The molecule has 1 aromatic rings. The van der Waals surface area contributed by atoms with Crippen LogP contribution in [-0.4, -0.2) is 40.6 Å². The predicted molar refractivity (Wildman–Crippen MR) is 79.7 cm³/mol. The van der Waals surface area contributed by atoms with E-state index in [1.165, 1.54) is 0 Å². The van der Waals surface area contributed by atoms with Crippen molar-refractivity contribution in [3.63, 3.8) is 0 Å². The first-order valence-electron chi connectivity index (χ1n) is 7.24. The predicted octanol–water partition coefficient (Wildman–Crippen LogP) is 1.80. The van der Waals surface area contributed by atoms with Crippen LogP contribution in [0.2, 0.25) is 0 Å². The van der Waals surface area contributed by atoms with Crippen LogP contribution in [0.4, 0.5) is 5.82 Å². The van der Waals surface area contributed by atoms with Crippen LogP contribution in [-0.2, 0) is 6.54 Å². The van der Waals surface area contributed by atoms with E-state index in [0.29, 0.717) is 5.82 Å². The van der Waals surface area contributed by atoms with E-state index in [2.05, 4.69) is 36.0 Å². The van der Waals surface area contributed by atoms with Crippen molar-refractivity contribution in [2.24, 2.45) is 0 Å². The number of nitrogens with one attached hydrogen (secondary N) is 1. The van der Waals surface area contributed by atoms with Crippen molar-refractivity contribution in [2.45, 2.75) is 40.2 Å². The van der Waals surface area contributed by atoms with Crippen molar-refractivity contribution in [1.82, 2.24) is 14.5 Å². The van der Waals surface area contributed by atoms with E-state index in [1.54, 1.807) is 17.0 Å². The summed E-state index contributed by atoms with van der Waals surface area (Å²) >= 11 is 0. The molecule has 0 aromatic carbocycles. The lowest BCUT2D eigenvalue weighted by atomic mass is 10.3. The summed E-state index contributed by atoms with van der Waals surface area (Å²) in [7, 11) is 0. The van der Waals surface area contributed by atoms with Gasteiger partial charge in [0.1, 0.15) is 0 Å². The normalized spacial score (nSPS) is 10.9. The minimum Gasteiger partial charge on any atom is -0.365 e. The Labute approximate surface area is 115 Å². The summed E-state index contributed by atoms with van der Waals surface area (Å²) in [5, 5.41) is 3.14. The summed E-state index contributed by atoms with van der Waals surface area (Å²) in [4.78, 5) is 18.5. The number of hydrogen-bond donors (Lipinski definition) is 1. The van der Waals surface area contributed by atoms with Crippen molar-refractivity contribution >= 4 is 5.82 Å². The van der Waals surface area contributed by atoms with Crippen LogP contribution in [0.15, 0.2) is 17.2 Å². The molecular weight excluding hydrogens is 240 g/mol. The maximum absolute atomic E-state index is 12.0. The Bertz CT molecular complexity index is 412. The second kappa shape index (κ2) is 8.69. The van der Waals surface area contributed by atoms with Gasteiger partial charge < -0.3 is 14.8 Å². The van der Waals surface area contributed by atoms with Gasteiger partial charge >= 0.3 is 0 Å². The minimum atomic E-state index is -0.0211. The summed E-state index contributed by atoms with van der Waals surface area (Å²) in [6, 6.07) is 0. The summed E-state index contributed by atoms with van der Waals surface area (Å²) in [5.41, 5.74) is -0.0211. The lowest BCUT2D eigenvalue weighted by molar-refractivity contribution is 0.303. The maximum atomic E-state index is 12.0. The molecule has 19 heavy (non-hydrogen) atoms. The molecule has 5 nitrogen and oxygen atoms in total. The Hall–Kier alpha value is -1.36. The maximum Gasteiger partial charge on any atom is 0.293 e. The van der Waals surface area contributed by atoms with E-state index in [-0.39, 0.29) is 5.56 Å². The SMILES string of the molecule is CCCn1ccnc(NCCCN(CC)CC)c1=O. The topological polar surface area (TPSA) is 50.2 Å². The third-order valence-electron chi connectivity index (χ3n) is 3.22. The Morgan fingerprint density at radius 1 is 1.32 bits per heavy atom. The molecule has 0 saturated heterocycles. The van der Waals surface area contributed by atoms with Crippen LogP contribution in [0.5, 0.6) is 0 Å². The summed E-state index contributed by atoms with van der Waals surface area (Å²) in [5.74, 6) is 0.468. The molecule has 0 spiro atoms. The molecule has 0 atom stereocenters. The first kappa shape index (κ1) is 15.7. The lowest BCUT2D eigenvalue weighted by Gasteiger charge is -2.17. The Morgan fingerprint density at radius 2 is 2.05 bits per heavy atom. The third-order valence-corrected chi connectivity index (χ3v) is 3.22. The number of aromatic nitrogens is 2. The Morgan fingerprint density at radius 3 is 2.68 bits per heavy atom. The van der Waals surface area contributed by atoms with E-state index in [9.17, 15) is 4.79 Å². The largest absolute Gasteiger partial charge is 0.365 e. The van der Waals surface area contributed by atoms with Gasteiger partial charge in [-0.2, -0.15) is 0 Å². The first-order chi connectivity index (χ1) is 9.22. The molecular formula is C14H26N4O. The molecule has 0 aliphatic rings. The number of anilines is 1. The highest BCUT2D eigenvalue weighted by Crippen LogP contribution is 1.96. The number of rotatable bonds is 9. The lowest BCUT2D eigenvalue weighted by Crippen LogP contribution is -2.27. The zero-order valence-electron chi connectivity index (χ0n) is 12.4. The summed E-state index contributed by atoms with van der Waals surface area (Å²) in [6.07, 6.45) is 5.40. The molecule has 1 N–H and O–H groups in total. The fourth-order valence-electron chi connectivity index (χ4n) is 2.03. The molecule has 1 rings (SSSR count). The quantitative estimate of drug-likeness (QED) is 0.692. The van der Waals surface area contributed by atoms with E-state index < -0.39 is 0 Å². The Kier molecular flexibility index (Phi) is 7.18. The second-order valence-electron chi connectivity index (χ2n) is 4.58. The van der Waals surface area contributed by atoms with Gasteiger partial charge in [-0.3, -0.25) is 4.79 Å². The van der Waals surface area contributed by atoms with Crippen molar-refractivity contribution in [3.8, 4) is 0 Å². The van der Waals surface area contributed by atoms with Gasteiger partial charge in [-0.15, -0.1) is 0 Å². The molecule has 0 saturated carbocycles. The fourth-order valence-corrected chi connectivity index (χ4v) is 2.03. The van der Waals surface area contributed by atoms with Crippen LogP contribution in [0.3, 0.4) is 0 Å². The molecule has 1 aromatic heterocycles. The van der Waals surface area contributed by atoms with Gasteiger partial charge in [-0.05, 0) is 32.5 Å². The van der Waals surface area contributed by atoms with Crippen molar-refractivity contribution in [2.75, 3.05) is 31.5 Å². The molecule has 108 valence electrons. The van der Waals surface area contributed by atoms with Crippen LogP contribution in [0, 0.1) is 0 Å². The van der Waals surface area contributed by atoms with Crippen LogP contribution in [0.25, 0.3) is 0 Å². The van der Waals surface area contributed by atoms with E-state index in [0.717, 1.165) is 45.6 Å². The van der Waals surface area contributed by atoms with Gasteiger partial charge in [0.05, 0.1) is 0 Å². The van der Waals surface area contributed by atoms with Crippen LogP contribution in [0.1, 0.15) is 33.6 Å². The highest BCUT2D eigenvalue weighted by Gasteiger charge is 2.04. The van der Waals surface area contributed by atoms with Gasteiger partial charge in [-0.25, -0.2) is 4.98 Å². The van der Waals surface area contributed by atoms with E-state index in [4.69, 9.17) is 0 Å². The molecule has 0 amide bonds. The highest BCUT2D eigenvalue weighted by atomic mass is 16.1. The summed E-state index contributed by atoms with van der Waals surface area (Å²) < 4.78 is 1.71. The molecule has 0 unspecified atom stereocenters. The second-order valence-corrected chi connectivity index (χ2v) is 4.58. The molecule has 0 aliphatic heterocycles. The van der Waals surface area contributed by atoms with E-state index in [1.807, 2.05) is 0 Å². The first-order valence-corrected chi connectivity index (χ1v) is 7.24. The average molecular weight is 266 g/mol. The molecule has 0 radical (unpaired) electrons. The smallest absolute Gasteiger partial charge is 0.293 e. The standard InChI is InChI=1S/C14H26N4O/c1-4-10-18-12-9-16-13(14(18)19)15-8-7-11-17(5-2)6-3/h9,12H,4-8,10-11H2,1-3H3,(H,15,16). The number of hydrogen-bond acceptors (Lipinski definition) is 4. The van der Waals surface area contributed by atoms with Crippen LogP contribution < -0.4 is 10.9 Å². The van der Waals surface area contributed by atoms with Crippen molar-refractivity contribution in [3.05, 3.63) is 22.7 Å². The molecule has 0 bridgehead atoms. The average Bonchev–Trinajstić information content (AvgIpc) is 2.43. The summed E-state index contributed by atoms with van der Waals surface area (Å²) in [6.45, 7) is 11.1. The Balaban J connectivity index is 2.45. The van der Waals surface area contributed by atoms with E-state index >= 15 is 0 Å². The monoisotopic (exact) mass is 266 g/mol. The van der Waals surface area contributed by atoms with Gasteiger partial charge in [-0.1, -0.05) is 20.8 Å². The third kappa shape index (κ3) is 5.03. The fraction of sp³-hybridized carbons (Fsp3) is 0.714. The van der Waals surface area contributed by atoms with Crippen LogP contribution >= 0.6 is 0 Å². The van der Waals surface area contributed by atoms with Gasteiger partial charge in [0.2, 0.25) is 0 Å². The minimum absolute atomic E-state index is 0.0211. The molecule has 5 heteroatoms. The molecule has 0 fully saturated rings. The van der Waals surface area contributed by atoms with Gasteiger partial charge in [0, 0.05) is 25.5 Å². The molecule has 1 heterocycles. The number of nitrogens with zero attached hydrogens (tertiary/aromatic N) is 3. The zero-order valence-corrected chi connectivity index (χ0v) is 12.4. The molecule has 0 aliphatic carbocycles. The van der Waals surface area contributed by atoms with Gasteiger partial charge in [0.25, 0.3) is 5.56 Å². The van der Waals surface area contributed by atoms with Crippen molar-refractivity contribution in [1.29, 1.82) is 0 Å². The zero-order chi connectivity index (χ0) is 14.1. The van der Waals surface area contributed by atoms with Crippen molar-refractivity contribution < 1.29 is 0 Å². The number of aryl methyl sites for hydroxylation is 1. The highest BCUT2D eigenvalue weighted by molar-refractivity contribution is 5.30.